The normalized spacial score (nSPS) is 12.2. The average molecular weight is 342 g/mol. The standard InChI is InChI=1S/C15H14BrF2NO/c1-10(11-6-8-12(16)9-7-11)19-13-4-2-3-5-14(13)20-15(17)18/h2-10,15,19H,1H3. The number of nitrogens with one attached hydrogen (secondary N) is 1. The van der Waals surface area contributed by atoms with E-state index in [0.29, 0.717) is 5.69 Å². The molecule has 0 saturated carbocycles. The van der Waals surface area contributed by atoms with Crippen LogP contribution in [0.1, 0.15) is 18.5 Å². The van der Waals surface area contributed by atoms with Crippen molar-refractivity contribution in [3.8, 4) is 5.75 Å². The molecule has 2 rings (SSSR count). The molecule has 2 aromatic rings. The molecule has 5 heteroatoms. The lowest BCUT2D eigenvalue weighted by Gasteiger charge is -2.18. The van der Waals surface area contributed by atoms with Crippen molar-refractivity contribution in [2.75, 3.05) is 5.32 Å². The smallest absolute Gasteiger partial charge is 0.387 e. The molecule has 0 spiro atoms. The Bertz CT molecular complexity index is 560. The van der Waals surface area contributed by atoms with Crippen molar-refractivity contribution in [3.63, 3.8) is 0 Å². The zero-order valence-electron chi connectivity index (χ0n) is 10.8. The highest BCUT2D eigenvalue weighted by molar-refractivity contribution is 9.10. The van der Waals surface area contributed by atoms with Crippen LogP contribution in [0.2, 0.25) is 0 Å². The van der Waals surface area contributed by atoms with Crippen LogP contribution in [-0.4, -0.2) is 6.61 Å². The monoisotopic (exact) mass is 341 g/mol. The molecular weight excluding hydrogens is 328 g/mol. The summed E-state index contributed by atoms with van der Waals surface area (Å²) in [7, 11) is 0. The summed E-state index contributed by atoms with van der Waals surface area (Å²) in [5.74, 6) is 0.145. The molecule has 2 nitrogen and oxygen atoms in total. The summed E-state index contributed by atoms with van der Waals surface area (Å²) >= 11 is 3.38. The predicted octanol–water partition coefficient (Wildman–Crippen LogP) is 5.22. The van der Waals surface area contributed by atoms with Crippen LogP contribution < -0.4 is 10.1 Å². The highest BCUT2D eigenvalue weighted by Gasteiger charge is 2.12. The van der Waals surface area contributed by atoms with Gasteiger partial charge in [0.1, 0.15) is 5.75 Å². The van der Waals surface area contributed by atoms with Crippen molar-refractivity contribution in [3.05, 3.63) is 58.6 Å². The van der Waals surface area contributed by atoms with Crippen molar-refractivity contribution in [1.29, 1.82) is 0 Å². The Morgan fingerprint density at radius 3 is 2.35 bits per heavy atom. The summed E-state index contributed by atoms with van der Waals surface area (Å²) in [6.07, 6.45) is 0. The highest BCUT2D eigenvalue weighted by Crippen LogP contribution is 2.29. The third-order valence-corrected chi connectivity index (χ3v) is 3.37. The van der Waals surface area contributed by atoms with Gasteiger partial charge in [0, 0.05) is 10.5 Å². The van der Waals surface area contributed by atoms with E-state index in [2.05, 4.69) is 26.0 Å². The minimum Gasteiger partial charge on any atom is -0.433 e. The van der Waals surface area contributed by atoms with E-state index in [9.17, 15) is 8.78 Å². The number of ether oxygens (including phenoxy) is 1. The minimum atomic E-state index is -2.83. The Morgan fingerprint density at radius 1 is 1.05 bits per heavy atom. The van der Waals surface area contributed by atoms with Gasteiger partial charge in [-0.2, -0.15) is 8.78 Å². The second-order valence-electron chi connectivity index (χ2n) is 4.29. The zero-order chi connectivity index (χ0) is 14.5. The van der Waals surface area contributed by atoms with Crippen LogP contribution in [0.15, 0.2) is 53.0 Å². The van der Waals surface area contributed by atoms with E-state index in [4.69, 9.17) is 0 Å². The second-order valence-corrected chi connectivity index (χ2v) is 5.21. The van der Waals surface area contributed by atoms with Crippen LogP contribution in [-0.2, 0) is 0 Å². The molecule has 0 bridgehead atoms. The first-order chi connectivity index (χ1) is 9.56. The number of anilines is 1. The SMILES string of the molecule is CC(Nc1ccccc1OC(F)F)c1ccc(Br)cc1. The number of halogens is 3. The Labute approximate surface area is 124 Å². The van der Waals surface area contributed by atoms with Crippen LogP contribution in [0.25, 0.3) is 0 Å². The first-order valence-electron chi connectivity index (χ1n) is 6.12. The maximum atomic E-state index is 12.4. The first kappa shape index (κ1) is 14.8. The van der Waals surface area contributed by atoms with E-state index in [0.717, 1.165) is 10.0 Å². The Hall–Kier alpha value is -1.62. The number of benzene rings is 2. The van der Waals surface area contributed by atoms with Gasteiger partial charge in [0.25, 0.3) is 0 Å². The summed E-state index contributed by atoms with van der Waals surface area (Å²) in [6, 6.07) is 14.5. The Balaban J connectivity index is 2.15. The van der Waals surface area contributed by atoms with Crippen LogP contribution in [0.3, 0.4) is 0 Å². The molecule has 20 heavy (non-hydrogen) atoms. The number of hydrogen-bond acceptors (Lipinski definition) is 2. The average Bonchev–Trinajstić information content (AvgIpc) is 2.41. The third kappa shape index (κ3) is 3.93. The fourth-order valence-corrected chi connectivity index (χ4v) is 2.12. The lowest BCUT2D eigenvalue weighted by molar-refractivity contribution is -0.0493. The molecule has 0 aromatic heterocycles. The van der Waals surface area contributed by atoms with Gasteiger partial charge < -0.3 is 10.1 Å². The molecule has 1 atom stereocenters. The number of alkyl halides is 2. The molecule has 0 fully saturated rings. The van der Waals surface area contributed by atoms with Gasteiger partial charge in [-0.25, -0.2) is 0 Å². The highest BCUT2D eigenvalue weighted by atomic mass is 79.9. The molecule has 0 aliphatic carbocycles. The van der Waals surface area contributed by atoms with Gasteiger partial charge in [0.05, 0.1) is 5.69 Å². The van der Waals surface area contributed by atoms with Gasteiger partial charge in [-0.3, -0.25) is 0 Å². The largest absolute Gasteiger partial charge is 0.433 e. The molecule has 0 saturated heterocycles. The topological polar surface area (TPSA) is 21.3 Å². The van der Waals surface area contributed by atoms with Gasteiger partial charge in [-0.1, -0.05) is 40.2 Å². The molecule has 0 radical (unpaired) electrons. The molecule has 0 amide bonds. The third-order valence-electron chi connectivity index (χ3n) is 2.85. The molecule has 0 heterocycles. The summed E-state index contributed by atoms with van der Waals surface area (Å²) in [5, 5.41) is 3.18. The number of rotatable bonds is 5. The van der Waals surface area contributed by atoms with Crippen LogP contribution in [0, 0.1) is 0 Å². The van der Waals surface area contributed by atoms with E-state index >= 15 is 0 Å². The number of hydrogen-bond donors (Lipinski definition) is 1. The first-order valence-corrected chi connectivity index (χ1v) is 6.91. The van der Waals surface area contributed by atoms with Crippen LogP contribution in [0.5, 0.6) is 5.75 Å². The van der Waals surface area contributed by atoms with E-state index in [1.54, 1.807) is 18.2 Å². The maximum Gasteiger partial charge on any atom is 0.387 e. The lowest BCUT2D eigenvalue weighted by atomic mass is 10.1. The summed E-state index contributed by atoms with van der Waals surface area (Å²) in [6.45, 7) is -0.872. The lowest BCUT2D eigenvalue weighted by Crippen LogP contribution is -2.09. The molecule has 0 aliphatic rings. The second kappa shape index (κ2) is 6.70. The fourth-order valence-electron chi connectivity index (χ4n) is 1.85. The molecule has 2 aromatic carbocycles. The molecule has 106 valence electrons. The molecule has 1 N–H and O–H groups in total. The molecule has 1 unspecified atom stereocenters. The molecular formula is C15H14BrF2NO. The van der Waals surface area contributed by atoms with Gasteiger partial charge >= 0.3 is 6.61 Å². The van der Waals surface area contributed by atoms with Crippen molar-refractivity contribution >= 4 is 21.6 Å². The van der Waals surface area contributed by atoms with Crippen molar-refractivity contribution in [1.82, 2.24) is 0 Å². The quantitative estimate of drug-likeness (QED) is 0.804. The zero-order valence-corrected chi connectivity index (χ0v) is 12.4. The van der Waals surface area contributed by atoms with E-state index in [1.807, 2.05) is 31.2 Å². The van der Waals surface area contributed by atoms with E-state index < -0.39 is 6.61 Å². The van der Waals surface area contributed by atoms with Gasteiger partial charge in [0.15, 0.2) is 0 Å². The van der Waals surface area contributed by atoms with Crippen molar-refractivity contribution < 1.29 is 13.5 Å². The van der Waals surface area contributed by atoms with E-state index in [-0.39, 0.29) is 11.8 Å². The van der Waals surface area contributed by atoms with Crippen LogP contribution in [0.4, 0.5) is 14.5 Å². The summed E-state index contributed by atoms with van der Waals surface area (Å²) in [4.78, 5) is 0. The van der Waals surface area contributed by atoms with Crippen molar-refractivity contribution in [2.45, 2.75) is 19.6 Å². The summed E-state index contributed by atoms with van der Waals surface area (Å²) in [5.41, 5.74) is 1.60. The minimum absolute atomic E-state index is 0.0227. The fraction of sp³-hybridized carbons (Fsp3) is 0.200. The van der Waals surface area contributed by atoms with Crippen LogP contribution >= 0.6 is 15.9 Å². The van der Waals surface area contributed by atoms with Gasteiger partial charge in [-0.15, -0.1) is 0 Å². The number of para-hydroxylation sites is 2. The van der Waals surface area contributed by atoms with Gasteiger partial charge in [0.2, 0.25) is 0 Å². The van der Waals surface area contributed by atoms with E-state index in [1.165, 1.54) is 6.07 Å². The Kier molecular flexibility index (Phi) is 4.95. The summed E-state index contributed by atoms with van der Waals surface area (Å²) < 4.78 is 30.2. The Morgan fingerprint density at radius 2 is 1.70 bits per heavy atom. The van der Waals surface area contributed by atoms with Crippen molar-refractivity contribution in [2.24, 2.45) is 0 Å². The maximum absolute atomic E-state index is 12.4. The molecule has 0 aliphatic heterocycles. The predicted molar refractivity (Wildman–Crippen MR) is 79.3 cm³/mol. The van der Waals surface area contributed by atoms with Gasteiger partial charge in [-0.05, 0) is 36.8 Å².